The predicted molar refractivity (Wildman–Crippen MR) is 96.7 cm³/mol. The Morgan fingerprint density at radius 2 is 2.04 bits per heavy atom. The number of rotatable bonds is 6. The summed E-state index contributed by atoms with van der Waals surface area (Å²) in [6, 6.07) is 11.0. The number of furan rings is 1. The molecule has 0 fully saturated rings. The van der Waals surface area contributed by atoms with E-state index in [1.54, 1.807) is 23.6 Å². The maximum Gasteiger partial charge on any atom is 0.289 e. The van der Waals surface area contributed by atoms with Crippen molar-refractivity contribution < 1.29 is 18.7 Å². The van der Waals surface area contributed by atoms with Gasteiger partial charge in [0.2, 0.25) is 0 Å². The molecule has 26 heavy (non-hydrogen) atoms. The van der Waals surface area contributed by atoms with Gasteiger partial charge in [0.1, 0.15) is 11.4 Å². The van der Waals surface area contributed by atoms with Crippen LogP contribution < -0.4 is 15.6 Å². The van der Waals surface area contributed by atoms with Crippen molar-refractivity contribution in [1.82, 2.24) is 15.8 Å². The van der Waals surface area contributed by atoms with Crippen LogP contribution in [-0.4, -0.2) is 23.4 Å². The molecule has 8 heteroatoms. The summed E-state index contributed by atoms with van der Waals surface area (Å²) in [7, 11) is 0. The highest BCUT2D eigenvalue weighted by atomic mass is 32.1. The third kappa shape index (κ3) is 4.28. The van der Waals surface area contributed by atoms with Crippen molar-refractivity contribution in [2.75, 3.05) is 6.61 Å². The molecule has 3 rings (SSSR count). The van der Waals surface area contributed by atoms with Crippen LogP contribution in [0.4, 0.5) is 0 Å². The summed E-state index contributed by atoms with van der Waals surface area (Å²) < 4.78 is 10.7. The Bertz CT molecular complexity index is 889. The van der Waals surface area contributed by atoms with E-state index >= 15 is 0 Å². The van der Waals surface area contributed by atoms with Gasteiger partial charge in [0.05, 0.1) is 6.26 Å². The van der Waals surface area contributed by atoms with Gasteiger partial charge in [-0.1, -0.05) is 25.1 Å². The van der Waals surface area contributed by atoms with Gasteiger partial charge in [0.25, 0.3) is 11.8 Å². The first-order valence-corrected chi connectivity index (χ1v) is 8.84. The molecule has 2 heterocycles. The number of carbonyl (C=O) groups excluding carboxylic acids is 2. The highest BCUT2D eigenvalue weighted by Gasteiger charge is 2.14. The number of hydrogen-bond donors (Lipinski definition) is 2. The Morgan fingerprint density at radius 1 is 1.19 bits per heavy atom. The lowest BCUT2D eigenvalue weighted by Gasteiger charge is -2.10. The van der Waals surface area contributed by atoms with Crippen LogP contribution in [0.15, 0.2) is 52.5 Å². The summed E-state index contributed by atoms with van der Waals surface area (Å²) in [5, 5.41) is 2.18. The van der Waals surface area contributed by atoms with E-state index in [9.17, 15) is 9.59 Å². The fourth-order valence-electron chi connectivity index (χ4n) is 2.20. The van der Waals surface area contributed by atoms with Crippen molar-refractivity contribution in [3.8, 4) is 16.5 Å². The first-order valence-electron chi connectivity index (χ1n) is 7.96. The van der Waals surface area contributed by atoms with Crippen LogP contribution in [0, 0.1) is 0 Å². The number of carbonyl (C=O) groups is 2. The standard InChI is InChI=1S/C18H17N3O4S/c1-2-12-6-3-4-7-14(12)25-10-16(22)20-21-17(23)13-11-26-18(19-13)15-8-5-9-24-15/h3-9,11H,2,10H2,1H3,(H,20,22)(H,21,23). The van der Waals surface area contributed by atoms with Crippen molar-refractivity contribution in [1.29, 1.82) is 0 Å². The summed E-state index contributed by atoms with van der Waals surface area (Å²) in [5.74, 6) is 0.257. The second kappa shape index (κ2) is 8.30. The van der Waals surface area contributed by atoms with Crippen LogP contribution in [0.25, 0.3) is 10.8 Å². The van der Waals surface area contributed by atoms with Crippen LogP contribution in [0.3, 0.4) is 0 Å². The molecule has 7 nitrogen and oxygen atoms in total. The molecule has 0 unspecified atom stereocenters. The molecule has 0 saturated carbocycles. The molecule has 2 N–H and O–H groups in total. The molecule has 0 aliphatic heterocycles. The average molecular weight is 371 g/mol. The Hall–Kier alpha value is -3.13. The van der Waals surface area contributed by atoms with E-state index in [4.69, 9.17) is 9.15 Å². The molecule has 3 aromatic rings. The largest absolute Gasteiger partial charge is 0.483 e. The lowest BCUT2D eigenvalue weighted by molar-refractivity contribution is -0.123. The fraction of sp³-hybridized carbons (Fsp3) is 0.167. The van der Waals surface area contributed by atoms with Gasteiger partial charge in [0.15, 0.2) is 17.4 Å². The van der Waals surface area contributed by atoms with Crippen LogP contribution in [-0.2, 0) is 11.2 Å². The molecule has 0 saturated heterocycles. The number of amides is 2. The van der Waals surface area contributed by atoms with E-state index < -0.39 is 11.8 Å². The third-order valence-electron chi connectivity index (χ3n) is 3.50. The van der Waals surface area contributed by atoms with E-state index in [0.717, 1.165) is 12.0 Å². The number of hydrazine groups is 1. The summed E-state index contributed by atoms with van der Waals surface area (Å²) >= 11 is 1.28. The summed E-state index contributed by atoms with van der Waals surface area (Å²) in [6.45, 7) is 1.80. The van der Waals surface area contributed by atoms with Gasteiger partial charge in [0, 0.05) is 5.38 Å². The zero-order chi connectivity index (χ0) is 18.4. The molecule has 134 valence electrons. The zero-order valence-electron chi connectivity index (χ0n) is 14.0. The Morgan fingerprint density at radius 3 is 2.81 bits per heavy atom. The highest BCUT2D eigenvalue weighted by molar-refractivity contribution is 7.13. The minimum absolute atomic E-state index is 0.193. The van der Waals surface area contributed by atoms with E-state index in [1.807, 2.05) is 25.1 Å². The first-order chi connectivity index (χ1) is 12.7. The van der Waals surface area contributed by atoms with E-state index in [1.165, 1.54) is 17.6 Å². The van der Waals surface area contributed by atoms with E-state index in [-0.39, 0.29) is 12.3 Å². The normalized spacial score (nSPS) is 10.3. The van der Waals surface area contributed by atoms with Crippen LogP contribution in [0.1, 0.15) is 23.0 Å². The lowest BCUT2D eigenvalue weighted by Crippen LogP contribution is -2.44. The molecule has 1 aromatic carbocycles. The lowest BCUT2D eigenvalue weighted by atomic mass is 10.1. The van der Waals surface area contributed by atoms with Gasteiger partial charge >= 0.3 is 0 Å². The summed E-state index contributed by atoms with van der Waals surface area (Å²) in [6.07, 6.45) is 2.34. The SMILES string of the molecule is CCc1ccccc1OCC(=O)NNC(=O)c1csc(-c2ccco2)n1. The van der Waals surface area contributed by atoms with Crippen LogP contribution in [0.2, 0.25) is 0 Å². The van der Waals surface area contributed by atoms with Gasteiger partial charge in [-0.3, -0.25) is 20.4 Å². The number of benzene rings is 1. The molecule has 2 amide bonds. The topological polar surface area (TPSA) is 93.5 Å². The molecule has 0 spiro atoms. The first kappa shape index (κ1) is 17.7. The molecule has 0 aliphatic rings. The molecule has 0 aliphatic carbocycles. The number of aryl methyl sites for hydroxylation is 1. The molecule has 2 aromatic heterocycles. The summed E-state index contributed by atoms with van der Waals surface area (Å²) in [4.78, 5) is 28.1. The van der Waals surface area contributed by atoms with Gasteiger partial charge in [-0.2, -0.15) is 0 Å². The quantitative estimate of drug-likeness (QED) is 0.650. The Balaban J connectivity index is 1.49. The van der Waals surface area contributed by atoms with Gasteiger partial charge in [-0.25, -0.2) is 4.98 Å². The van der Waals surface area contributed by atoms with Crippen molar-refractivity contribution in [3.05, 3.63) is 59.3 Å². The fourth-order valence-corrected chi connectivity index (χ4v) is 2.96. The van der Waals surface area contributed by atoms with Gasteiger partial charge in [-0.05, 0) is 30.2 Å². The zero-order valence-corrected chi connectivity index (χ0v) is 14.8. The third-order valence-corrected chi connectivity index (χ3v) is 4.35. The molecule has 0 atom stereocenters. The van der Waals surface area contributed by atoms with E-state index in [2.05, 4.69) is 15.8 Å². The number of ether oxygens (including phenoxy) is 1. The molecular weight excluding hydrogens is 354 g/mol. The number of aromatic nitrogens is 1. The predicted octanol–water partition coefficient (Wildman–Crippen LogP) is 2.81. The number of nitrogens with zero attached hydrogens (tertiary/aromatic N) is 1. The van der Waals surface area contributed by atoms with Crippen LogP contribution in [0.5, 0.6) is 5.75 Å². The number of nitrogens with one attached hydrogen (secondary N) is 2. The van der Waals surface area contributed by atoms with Crippen molar-refractivity contribution in [3.63, 3.8) is 0 Å². The monoisotopic (exact) mass is 371 g/mol. The number of hydrogen-bond acceptors (Lipinski definition) is 6. The van der Waals surface area contributed by atoms with Gasteiger partial charge < -0.3 is 9.15 Å². The average Bonchev–Trinajstić information content (AvgIpc) is 3.36. The maximum absolute atomic E-state index is 12.1. The minimum Gasteiger partial charge on any atom is -0.483 e. The number of para-hydroxylation sites is 1. The Kier molecular flexibility index (Phi) is 5.65. The molecular formula is C18H17N3O4S. The van der Waals surface area contributed by atoms with Gasteiger partial charge in [-0.15, -0.1) is 11.3 Å². The highest BCUT2D eigenvalue weighted by Crippen LogP contribution is 2.23. The van der Waals surface area contributed by atoms with Crippen molar-refractivity contribution in [2.24, 2.45) is 0 Å². The van der Waals surface area contributed by atoms with Crippen molar-refractivity contribution in [2.45, 2.75) is 13.3 Å². The molecule has 0 radical (unpaired) electrons. The number of thiazole rings is 1. The molecule has 0 bridgehead atoms. The van der Waals surface area contributed by atoms with Crippen molar-refractivity contribution >= 4 is 23.2 Å². The van der Waals surface area contributed by atoms with Crippen LogP contribution >= 0.6 is 11.3 Å². The second-order valence-electron chi connectivity index (χ2n) is 5.27. The Labute approximate surface area is 154 Å². The second-order valence-corrected chi connectivity index (χ2v) is 6.13. The van der Waals surface area contributed by atoms with E-state index in [0.29, 0.717) is 16.5 Å². The maximum atomic E-state index is 12.1. The smallest absolute Gasteiger partial charge is 0.289 e. The summed E-state index contributed by atoms with van der Waals surface area (Å²) in [5.41, 5.74) is 5.83. The minimum atomic E-state index is -0.513.